The molecule has 0 aromatic heterocycles. The number of rotatable bonds is 4. The number of hydrogen-bond donors (Lipinski definition) is 1. The molecule has 1 aliphatic heterocycles. The maximum atomic E-state index is 14.7. The van der Waals surface area contributed by atoms with Gasteiger partial charge in [0.2, 0.25) is 0 Å². The van der Waals surface area contributed by atoms with E-state index in [0.717, 1.165) is 30.6 Å². The number of benzene rings is 2. The van der Waals surface area contributed by atoms with Crippen molar-refractivity contribution in [3.63, 3.8) is 0 Å². The SMILES string of the molecule is CN1C(=O)c2ccc(C(=O)Nc3ccc(N(C)C4CCCCC4)c(F)c3)cc2C1=O. The number of nitrogens with one attached hydrogen (secondary N) is 1. The van der Waals surface area contributed by atoms with Crippen LogP contribution >= 0.6 is 0 Å². The van der Waals surface area contributed by atoms with E-state index in [4.69, 9.17) is 0 Å². The van der Waals surface area contributed by atoms with Crippen molar-refractivity contribution in [2.45, 2.75) is 38.1 Å². The Kier molecular flexibility index (Phi) is 5.28. The molecule has 1 N–H and O–H groups in total. The Balaban J connectivity index is 1.50. The maximum absolute atomic E-state index is 14.7. The molecule has 1 aliphatic carbocycles. The summed E-state index contributed by atoms with van der Waals surface area (Å²) >= 11 is 0. The van der Waals surface area contributed by atoms with Gasteiger partial charge >= 0.3 is 0 Å². The molecule has 0 unspecified atom stereocenters. The number of hydrogen-bond acceptors (Lipinski definition) is 4. The van der Waals surface area contributed by atoms with Crippen molar-refractivity contribution in [1.29, 1.82) is 0 Å². The monoisotopic (exact) mass is 409 g/mol. The normalized spacial score (nSPS) is 16.6. The van der Waals surface area contributed by atoms with Gasteiger partial charge in [0.25, 0.3) is 17.7 Å². The predicted molar refractivity (Wildman–Crippen MR) is 112 cm³/mol. The summed E-state index contributed by atoms with van der Waals surface area (Å²) in [6, 6.07) is 9.35. The van der Waals surface area contributed by atoms with Gasteiger partial charge in [0, 0.05) is 31.4 Å². The lowest BCUT2D eigenvalue weighted by molar-refractivity contribution is 0.0693. The van der Waals surface area contributed by atoms with E-state index in [1.807, 2.05) is 11.9 Å². The van der Waals surface area contributed by atoms with E-state index >= 15 is 0 Å². The minimum Gasteiger partial charge on any atom is -0.369 e. The van der Waals surface area contributed by atoms with Gasteiger partial charge in [-0.25, -0.2) is 4.39 Å². The summed E-state index contributed by atoms with van der Waals surface area (Å²) < 4.78 is 14.7. The van der Waals surface area contributed by atoms with Crippen molar-refractivity contribution in [1.82, 2.24) is 4.90 Å². The van der Waals surface area contributed by atoms with E-state index < -0.39 is 17.6 Å². The fraction of sp³-hybridized carbons (Fsp3) is 0.348. The lowest BCUT2D eigenvalue weighted by atomic mass is 9.94. The van der Waals surface area contributed by atoms with Crippen molar-refractivity contribution in [3.8, 4) is 0 Å². The van der Waals surface area contributed by atoms with Crippen molar-refractivity contribution < 1.29 is 18.8 Å². The number of fused-ring (bicyclic) bond motifs is 1. The topological polar surface area (TPSA) is 69.7 Å². The Morgan fingerprint density at radius 2 is 1.73 bits per heavy atom. The lowest BCUT2D eigenvalue weighted by Gasteiger charge is -2.33. The van der Waals surface area contributed by atoms with E-state index in [9.17, 15) is 18.8 Å². The number of imide groups is 1. The van der Waals surface area contributed by atoms with Gasteiger partial charge in [0.05, 0.1) is 16.8 Å². The highest BCUT2D eigenvalue weighted by atomic mass is 19.1. The fourth-order valence-electron chi connectivity index (χ4n) is 4.24. The van der Waals surface area contributed by atoms with Crippen molar-refractivity contribution in [3.05, 3.63) is 58.9 Å². The fourth-order valence-corrected chi connectivity index (χ4v) is 4.24. The third-order valence-electron chi connectivity index (χ3n) is 6.06. The quantitative estimate of drug-likeness (QED) is 0.773. The molecule has 1 heterocycles. The van der Waals surface area contributed by atoms with Crippen molar-refractivity contribution in [2.24, 2.45) is 0 Å². The maximum Gasteiger partial charge on any atom is 0.261 e. The van der Waals surface area contributed by atoms with Gasteiger partial charge in [-0.1, -0.05) is 19.3 Å². The first-order chi connectivity index (χ1) is 14.4. The molecule has 0 saturated heterocycles. The van der Waals surface area contributed by atoms with E-state index in [0.29, 0.717) is 17.4 Å². The standard InChI is InChI=1S/C23H24FN3O3/c1-26(16-6-4-3-5-7-16)20-11-9-15(13-19(20)24)25-21(28)14-8-10-17-18(12-14)23(30)27(2)22(17)29/h8-13,16H,3-7H2,1-2H3,(H,25,28). The van der Waals surface area contributed by atoms with E-state index in [1.54, 1.807) is 12.1 Å². The molecule has 0 radical (unpaired) electrons. The molecule has 156 valence electrons. The molecular formula is C23H24FN3O3. The second kappa shape index (κ2) is 7.89. The number of amides is 3. The Bertz CT molecular complexity index is 1030. The van der Waals surface area contributed by atoms with Crippen LogP contribution in [-0.2, 0) is 0 Å². The van der Waals surface area contributed by atoms with Crippen molar-refractivity contribution in [2.75, 3.05) is 24.3 Å². The summed E-state index contributed by atoms with van der Waals surface area (Å²) in [6.07, 6.45) is 5.67. The molecule has 1 saturated carbocycles. The molecule has 1 fully saturated rings. The predicted octanol–water partition coefficient (Wildman–Crippen LogP) is 4.07. The summed E-state index contributed by atoms with van der Waals surface area (Å²) in [5.41, 5.74) is 1.56. The van der Waals surface area contributed by atoms with E-state index in [2.05, 4.69) is 5.32 Å². The summed E-state index contributed by atoms with van der Waals surface area (Å²) in [5, 5.41) is 2.67. The summed E-state index contributed by atoms with van der Waals surface area (Å²) in [4.78, 5) is 39.7. The average molecular weight is 409 g/mol. The number of halogens is 1. The molecule has 6 nitrogen and oxygen atoms in total. The number of anilines is 2. The Hall–Kier alpha value is -3.22. The minimum absolute atomic E-state index is 0.200. The van der Waals surface area contributed by atoms with Gasteiger partial charge in [-0.2, -0.15) is 0 Å². The van der Waals surface area contributed by atoms with Gasteiger partial charge in [0.15, 0.2) is 0 Å². The summed E-state index contributed by atoms with van der Waals surface area (Å²) in [7, 11) is 3.31. The van der Waals surface area contributed by atoms with E-state index in [1.165, 1.54) is 37.7 Å². The highest BCUT2D eigenvalue weighted by molar-refractivity contribution is 6.22. The number of nitrogens with zero attached hydrogens (tertiary/aromatic N) is 2. The van der Waals surface area contributed by atoms with Gasteiger partial charge in [0.1, 0.15) is 5.82 Å². The minimum atomic E-state index is -0.472. The Morgan fingerprint density at radius 3 is 2.43 bits per heavy atom. The van der Waals surface area contributed by atoms with Crippen LogP contribution in [0.5, 0.6) is 0 Å². The third-order valence-corrected chi connectivity index (χ3v) is 6.06. The van der Waals surface area contributed by atoms with Crippen LogP contribution in [0.2, 0.25) is 0 Å². The number of carbonyl (C=O) groups excluding carboxylic acids is 3. The highest BCUT2D eigenvalue weighted by Crippen LogP contribution is 2.29. The Morgan fingerprint density at radius 1 is 1.03 bits per heavy atom. The molecular weight excluding hydrogens is 385 g/mol. The second-order valence-corrected chi connectivity index (χ2v) is 7.95. The highest BCUT2D eigenvalue weighted by Gasteiger charge is 2.33. The second-order valence-electron chi connectivity index (χ2n) is 7.95. The zero-order valence-electron chi connectivity index (χ0n) is 17.1. The Labute approximate surface area is 174 Å². The third kappa shape index (κ3) is 3.56. The van der Waals surface area contributed by atoms with Crippen LogP contribution in [0.25, 0.3) is 0 Å². The first-order valence-electron chi connectivity index (χ1n) is 10.2. The van der Waals surface area contributed by atoms with Crippen LogP contribution in [0.4, 0.5) is 15.8 Å². The molecule has 30 heavy (non-hydrogen) atoms. The van der Waals surface area contributed by atoms with Crippen LogP contribution in [0.1, 0.15) is 63.2 Å². The zero-order chi connectivity index (χ0) is 21.4. The smallest absolute Gasteiger partial charge is 0.261 e. The van der Waals surface area contributed by atoms with Crippen LogP contribution in [0.15, 0.2) is 36.4 Å². The van der Waals surface area contributed by atoms with Crippen LogP contribution < -0.4 is 10.2 Å². The first kappa shape index (κ1) is 20.1. The molecule has 2 aromatic carbocycles. The summed E-state index contributed by atoms with van der Waals surface area (Å²) in [6.45, 7) is 0. The molecule has 0 bridgehead atoms. The molecule has 2 aromatic rings. The molecule has 3 amide bonds. The molecule has 2 aliphatic rings. The van der Waals surface area contributed by atoms with Crippen LogP contribution in [0, 0.1) is 5.82 Å². The van der Waals surface area contributed by atoms with Gasteiger partial charge < -0.3 is 10.2 Å². The van der Waals surface area contributed by atoms with E-state index in [-0.39, 0.29) is 22.6 Å². The average Bonchev–Trinajstić information content (AvgIpc) is 2.97. The van der Waals surface area contributed by atoms with Crippen LogP contribution in [0.3, 0.4) is 0 Å². The first-order valence-corrected chi connectivity index (χ1v) is 10.2. The van der Waals surface area contributed by atoms with Crippen molar-refractivity contribution >= 4 is 29.1 Å². The molecule has 0 spiro atoms. The zero-order valence-corrected chi connectivity index (χ0v) is 17.1. The largest absolute Gasteiger partial charge is 0.369 e. The van der Waals surface area contributed by atoms with Gasteiger partial charge in [-0.05, 0) is 49.2 Å². The summed E-state index contributed by atoms with van der Waals surface area (Å²) in [5.74, 6) is -1.69. The number of carbonyl (C=O) groups is 3. The molecule has 4 rings (SSSR count). The van der Waals surface area contributed by atoms with Gasteiger partial charge in [-0.3, -0.25) is 19.3 Å². The van der Waals surface area contributed by atoms with Crippen LogP contribution in [-0.4, -0.2) is 42.8 Å². The van der Waals surface area contributed by atoms with Gasteiger partial charge in [-0.15, -0.1) is 0 Å². The molecule has 7 heteroatoms. The lowest BCUT2D eigenvalue weighted by Crippen LogP contribution is -2.33. The molecule has 0 atom stereocenters.